The number of aliphatic hydroxyl groups is 1. The Morgan fingerprint density at radius 2 is 1.88 bits per heavy atom. The van der Waals surface area contributed by atoms with Gasteiger partial charge >= 0.3 is 35.5 Å². The van der Waals surface area contributed by atoms with E-state index in [2.05, 4.69) is 54.6 Å². The third-order valence-corrected chi connectivity index (χ3v) is 8.43. The van der Waals surface area contributed by atoms with Crippen molar-refractivity contribution in [1.82, 2.24) is 4.98 Å². The maximum atomic E-state index is 12.0. The molecule has 0 saturated heterocycles. The number of carbonyl (C=O) groups is 1. The third-order valence-electron chi connectivity index (χ3n) is 7.39. The summed E-state index contributed by atoms with van der Waals surface area (Å²) >= 11 is 7.83. The van der Waals surface area contributed by atoms with Gasteiger partial charge in [0.2, 0.25) is 0 Å². The van der Waals surface area contributed by atoms with Gasteiger partial charge in [0.15, 0.2) is 0 Å². The molecule has 4 aromatic rings. The molecule has 1 N–H and O–H groups in total. The Hall–Kier alpha value is -2.12. The molecule has 1 aliphatic rings. The minimum absolute atomic E-state index is 0. The zero-order chi connectivity index (χ0) is 28.6. The Morgan fingerprint density at radius 1 is 1.07 bits per heavy atom. The van der Waals surface area contributed by atoms with Gasteiger partial charge in [-0.15, -0.1) is 11.8 Å². The number of thioether (sulfide) groups is 1. The van der Waals surface area contributed by atoms with Crippen molar-refractivity contribution in [2.24, 2.45) is 5.92 Å². The molecule has 1 saturated carbocycles. The zero-order valence-electron chi connectivity index (χ0n) is 23.3. The number of hydrogen-bond donors (Lipinski definition) is 1. The van der Waals surface area contributed by atoms with Gasteiger partial charge in [0.1, 0.15) is 5.94 Å². The SMILES string of the molecule is CC(O)Cc1ccccc1C(CCSCOC(=O)CC1CC1)c1cccc(/C=C/c2ccc3ccc(Cl)cc3n2)c1.[NaH]. The average molecular weight is 610 g/mol. The van der Waals surface area contributed by atoms with Crippen LogP contribution in [0.4, 0.5) is 0 Å². The molecule has 2 atom stereocenters. The van der Waals surface area contributed by atoms with Crippen LogP contribution in [0.2, 0.25) is 5.02 Å². The molecule has 42 heavy (non-hydrogen) atoms. The number of rotatable bonds is 13. The van der Waals surface area contributed by atoms with Gasteiger partial charge in [0, 0.05) is 22.7 Å². The van der Waals surface area contributed by atoms with E-state index in [9.17, 15) is 9.90 Å². The van der Waals surface area contributed by atoms with Crippen molar-refractivity contribution < 1.29 is 14.6 Å². The second-order valence-electron chi connectivity index (χ2n) is 10.9. The van der Waals surface area contributed by atoms with Crippen LogP contribution in [0.3, 0.4) is 0 Å². The fraction of sp³-hybridized carbons (Fsp3) is 0.314. The Bertz CT molecular complexity index is 1520. The molecule has 1 aromatic heterocycles. The van der Waals surface area contributed by atoms with Crippen LogP contribution in [0.15, 0.2) is 78.9 Å². The summed E-state index contributed by atoms with van der Waals surface area (Å²) in [5, 5.41) is 11.9. The summed E-state index contributed by atoms with van der Waals surface area (Å²) in [5.41, 5.74) is 6.45. The normalized spacial score (nSPS) is 14.5. The molecule has 0 aliphatic heterocycles. The van der Waals surface area contributed by atoms with E-state index in [1.165, 1.54) is 11.1 Å². The van der Waals surface area contributed by atoms with Gasteiger partial charge in [0.25, 0.3) is 0 Å². The van der Waals surface area contributed by atoms with Crippen molar-refractivity contribution in [2.75, 3.05) is 11.7 Å². The van der Waals surface area contributed by atoms with E-state index in [0.717, 1.165) is 52.7 Å². The number of nitrogens with zero attached hydrogens (tertiary/aromatic N) is 1. The summed E-state index contributed by atoms with van der Waals surface area (Å²) < 4.78 is 5.46. The zero-order valence-corrected chi connectivity index (χ0v) is 24.9. The summed E-state index contributed by atoms with van der Waals surface area (Å²) in [6, 6.07) is 26.8. The first-order chi connectivity index (χ1) is 19.9. The predicted octanol–water partition coefficient (Wildman–Crippen LogP) is 7.89. The van der Waals surface area contributed by atoms with Gasteiger partial charge in [-0.25, -0.2) is 4.98 Å². The molecular weight excluding hydrogens is 573 g/mol. The van der Waals surface area contributed by atoms with E-state index >= 15 is 0 Å². The molecule has 7 heteroatoms. The van der Waals surface area contributed by atoms with Crippen molar-refractivity contribution in [1.29, 1.82) is 0 Å². The first kappa shape index (κ1) is 32.8. The van der Waals surface area contributed by atoms with Crippen LogP contribution < -0.4 is 0 Å². The van der Waals surface area contributed by atoms with E-state index in [1.54, 1.807) is 11.8 Å². The fourth-order valence-corrected chi connectivity index (χ4v) is 6.03. The first-order valence-corrected chi connectivity index (χ1v) is 15.8. The first-order valence-electron chi connectivity index (χ1n) is 14.3. The number of hydrogen-bond acceptors (Lipinski definition) is 5. The molecule has 0 radical (unpaired) electrons. The molecule has 0 amide bonds. The third kappa shape index (κ3) is 9.70. The summed E-state index contributed by atoms with van der Waals surface area (Å²) in [6.07, 6.45) is 8.05. The monoisotopic (exact) mass is 609 g/mol. The topological polar surface area (TPSA) is 59.4 Å². The van der Waals surface area contributed by atoms with E-state index in [4.69, 9.17) is 21.3 Å². The number of aromatic nitrogens is 1. The van der Waals surface area contributed by atoms with Gasteiger partial charge in [-0.05, 0) is 90.8 Å². The van der Waals surface area contributed by atoms with Crippen molar-refractivity contribution in [3.63, 3.8) is 0 Å². The predicted molar refractivity (Wildman–Crippen MR) is 178 cm³/mol. The number of carbonyl (C=O) groups excluding carboxylic acids is 1. The molecule has 4 nitrogen and oxygen atoms in total. The van der Waals surface area contributed by atoms with Crippen LogP contribution in [0.1, 0.15) is 66.5 Å². The Morgan fingerprint density at radius 3 is 2.69 bits per heavy atom. The summed E-state index contributed by atoms with van der Waals surface area (Å²) in [6.45, 7) is 1.83. The molecule has 3 aromatic carbocycles. The van der Waals surface area contributed by atoms with Gasteiger partial charge < -0.3 is 9.84 Å². The van der Waals surface area contributed by atoms with Crippen LogP contribution in [-0.2, 0) is 16.0 Å². The Labute approximate surface area is 280 Å². The number of ether oxygens (including phenoxy) is 1. The van der Waals surface area contributed by atoms with Gasteiger partial charge in [-0.1, -0.05) is 78.3 Å². The number of esters is 1. The van der Waals surface area contributed by atoms with Crippen LogP contribution >= 0.6 is 23.4 Å². The van der Waals surface area contributed by atoms with Crippen LogP contribution in [0.25, 0.3) is 23.1 Å². The molecule has 1 aliphatic carbocycles. The summed E-state index contributed by atoms with van der Waals surface area (Å²) in [4.78, 5) is 16.7. The standard InChI is InChI=1S/C35H36ClNO3S.Na.H/c1-24(38)19-28-6-2-3-8-32(28)33(17-18-41-23-40-35(39)21-26-9-10-26)29-7-4-5-25(20-29)11-15-31-16-13-27-12-14-30(36)22-34(27)37-31;;/h2-8,11-16,20,22,24,26,33,38H,9-10,17-19,21,23H2,1H3;;/b15-11+;;. The number of fused-ring (bicyclic) bond motifs is 1. The van der Waals surface area contributed by atoms with Crippen molar-refractivity contribution in [3.05, 3.63) is 112 Å². The van der Waals surface area contributed by atoms with E-state index in [0.29, 0.717) is 29.7 Å². The summed E-state index contributed by atoms with van der Waals surface area (Å²) in [7, 11) is 0. The molecule has 0 bridgehead atoms. The maximum absolute atomic E-state index is 12.0. The van der Waals surface area contributed by atoms with Crippen molar-refractivity contribution in [2.45, 2.75) is 51.0 Å². The molecule has 2 unspecified atom stereocenters. The molecular formula is C35H37ClNNaO3S. The fourth-order valence-electron chi connectivity index (χ4n) is 5.12. The van der Waals surface area contributed by atoms with Crippen molar-refractivity contribution in [3.8, 4) is 0 Å². The van der Waals surface area contributed by atoms with Gasteiger partial charge in [-0.2, -0.15) is 0 Å². The Balaban J connectivity index is 0.00000405. The number of aliphatic hydroxyl groups excluding tert-OH is 1. The van der Waals surface area contributed by atoms with Crippen molar-refractivity contribution >= 4 is 81.9 Å². The van der Waals surface area contributed by atoms with E-state index < -0.39 is 6.10 Å². The molecule has 0 spiro atoms. The van der Waals surface area contributed by atoms with Crippen LogP contribution in [0, 0.1) is 5.92 Å². The Kier molecular flexibility index (Phi) is 12.6. The summed E-state index contributed by atoms with van der Waals surface area (Å²) in [5.74, 6) is 1.85. The second-order valence-corrected chi connectivity index (χ2v) is 12.3. The number of halogens is 1. The van der Waals surface area contributed by atoms with Crippen LogP contribution in [0.5, 0.6) is 0 Å². The molecule has 1 heterocycles. The number of benzene rings is 3. The molecule has 1 fully saturated rings. The molecule has 5 rings (SSSR count). The van der Waals surface area contributed by atoms with Crippen LogP contribution in [-0.4, -0.2) is 63.4 Å². The quantitative estimate of drug-likeness (QED) is 0.0723. The van der Waals surface area contributed by atoms with E-state index in [1.807, 2.05) is 43.3 Å². The van der Waals surface area contributed by atoms with Gasteiger partial charge in [-0.3, -0.25) is 4.79 Å². The second kappa shape index (κ2) is 16.1. The average Bonchev–Trinajstić information content (AvgIpc) is 3.78. The number of pyridine rings is 1. The van der Waals surface area contributed by atoms with Gasteiger partial charge in [0.05, 0.1) is 17.3 Å². The molecule has 214 valence electrons. The minimum atomic E-state index is -0.421. The van der Waals surface area contributed by atoms with E-state index in [-0.39, 0.29) is 41.4 Å².